The third-order valence-corrected chi connectivity index (χ3v) is 16.9. The lowest BCUT2D eigenvalue weighted by Gasteiger charge is -2.44. The summed E-state index contributed by atoms with van der Waals surface area (Å²) < 4.78 is 13.8. The highest BCUT2D eigenvalue weighted by Gasteiger charge is 2.44. The van der Waals surface area contributed by atoms with Gasteiger partial charge in [0, 0.05) is 18.4 Å². The van der Waals surface area contributed by atoms with Crippen molar-refractivity contribution in [3.05, 3.63) is 11.1 Å². The summed E-state index contributed by atoms with van der Waals surface area (Å²) in [7, 11) is -5.13. The maximum Gasteiger partial charge on any atom is 0.192 e. The molecule has 0 amide bonds. The van der Waals surface area contributed by atoms with E-state index in [2.05, 4.69) is 106 Å². The van der Waals surface area contributed by atoms with Crippen LogP contribution in [0.1, 0.15) is 61.3 Å². The monoisotopic (exact) mass is 452 g/mol. The Hall–Kier alpha value is -0.129. The van der Waals surface area contributed by atoms with E-state index < -0.39 is 24.7 Å². The molecule has 0 aliphatic heterocycles. The smallest absolute Gasteiger partial charge is 0.192 e. The minimum Gasteiger partial charge on any atom is -0.413 e. The van der Waals surface area contributed by atoms with E-state index in [0.29, 0.717) is 0 Å². The first-order chi connectivity index (χ1) is 12.7. The molecule has 0 N–H and O–H groups in total. The Morgan fingerprint density at radius 1 is 0.793 bits per heavy atom. The van der Waals surface area contributed by atoms with Gasteiger partial charge in [0.2, 0.25) is 0 Å². The van der Waals surface area contributed by atoms with Crippen LogP contribution in [-0.2, 0) is 8.85 Å². The molecule has 0 unspecified atom stereocenters. The van der Waals surface area contributed by atoms with Crippen molar-refractivity contribution in [1.82, 2.24) is 0 Å². The van der Waals surface area contributed by atoms with Crippen molar-refractivity contribution in [1.29, 1.82) is 0 Å². The second-order valence-electron chi connectivity index (χ2n) is 13.0. The summed E-state index contributed by atoms with van der Waals surface area (Å²) >= 11 is 0. The lowest BCUT2D eigenvalue weighted by molar-refractivity contribution is 0.0989. The molecule has 0 bridgehead atoms. The molecule has 0 saturated heterocycles. The lowest BCUT2D eigenvalue weighted by atomic mass is 9.89. The van der Waals surface area contributed by atoms with Gasteiger partial charge in [-0.05, 0) is 48.8 Å². The molecule has 0 fully saturated rings. The molecule has 168 valence electrons. The Morgan fingerprint density at radius 3 is 1.66 bits per heavy atom. The van der Waals surface area contributed by atoms with Crippen molar-refractivity contribution in [2.24, 2.45) is 0 Å². The second-order valence-corrected chi connectivity index (χ2v) is 27.2. The van der Waals surface area contributed by atoms with Gasteiger partial charge in [0.1, 0.15) is 8.07 Å². The summed E-state index contributed by atoms with van der Waals surface area (Å²) in [4.78, 5) is 0. The molecule has 2 atom stereocenters. The molecule has 0 spiro atoms. The fourth-order valence-electron chi connectivity index (χ4n) is 2.85. The summed E-state index contributed by atoms with van der Waals surface area (Å²) in [5, 5.41) is 0.411. The number of hydrogen-bond acceptors (Lipinski definition) is 2. The summed E-state index contributed by atoms with van der Waals surface area (Å²) in [5.41, 5.74) is 6.20. The molecule has 1 aliphatic carbocycles. The highest BCUT2D eigenvalue weighted by molar-refractivity contribution is 6.83. The van der Waals surface area contributed by atoms with Crippen molar-refractivity contribution < 1.29 is 8.85 Å². The van der Waals surface area contributed by atoms with Crippen molar-refractivity contribution in [2.45, 2.75) is 129 Å². The van der Waals surface area contributed by atoms with Crippen LogP contribution in [0.3, 0.4) is 0 Å². The minimum atomic E-state index is -1.87. The topological polar surface area (TPSA) is 18.5 Å². The molecule has 1 aliphatic rings. The van der Waals surface area contributed by atoms with Gasteiger partial charge in [-0.15, -0.1) is 5.54 Å². The fourth-order valence-corrected chi connectivity index (χ4v) is 6.08. The van der Waals surface area contributed by atoms with Crippen LogP contribution in [0.5, 0.6) is 0 Å². The largest absolute Gasteiger partial charge is 0.413 e. The van der Waals surface area contributed by atoms with Gasteiger partial charge in [-0.25, -0.2) is 0 Å². The van der Waals surface area contributed by atoms with Gasteiger partial charge in [-0.2, -0.15) is 0 Å². The quantitative estimate of drug-likeness (QED) is 0.320. The molecule has 29 heavy (non-hydrogen) atoms. The summed E-state index contributed by atoms with van der Waals surface area (Å²) in [6.07, 6.45) is 2.24. The third-order valence-electron chi connectivity index (χ3n) is 6.97. The normalized spacial score (nSPS) is 22.4. The Balaban J connectivity index is 3.29. The van der Waals surface area contributed by atoms with E-state index in [1.54, 1.807) is 0 Å². The van der Waals surface area contributed by atoms with Crippen LogP contribution in [0.25, 0.3) is 0 Å². The minimum absolute atomic E-state index is 0.130. The third kappa shape index (κ3) is 7.50. The van der Waals surface area contributed by atoms with Crippen molar-refractivity contribution in [2.75, 3.05) is 0 Å². The summed E-state index contributed by atoms with van der Waals surface area (Å²) in [5.74, 6) is 3.58. The molecule has 0 heterocycles. The van der Waals surface area contributed by atoms with E-state index in [-0.39, 0.29) is 22.3 Å². The van der Waals surface area contributed by atoms with Crippen LogP contribution in [-0.4, -0.2) is 36.9 Å². The summed E-state index contributed by atoms with van der Waals surface area (Å²) in [6.45, 7) is 32.5. The molecule has 0 aromatic rings. The molecule has 2 nitrogen and oxygen atoms in total. The van der Waals surface area contributed by atoms with E-state index >= 15 is 0 Å². The Labute approximate surface area is 185 Å². The van der Waals surface area contributed by atoms with Crippen molar-refractivity contribution in [3.8, 4) is 11.5 Å². The van der Waals surface area contributed by atoms with Gasteiger partial charge in [0.05, 0.1) is 12.2 Å². The number of rotatable bonds is 4. The molecule has 0 saturated carbocycles. The van der Waals surface area contributed by atoms with Gasteiger partial charge in [0.25, 0.3) is 0 Å². The molecular weight excluding hydrogens is 405 g/mol. The van der Waals surface area contributed by atoms with Gasteiger partial charge in [-0.3, -0.25) is 0 Å². The Morgan fingerprint density at radius 2 is 1.24 bits per heavy atom. The Kier molecular flexibility index (Phi) is 8.15. The van der Waals surface area contributed by atoms with E-state index in [1.165, 1.54) is 11.1 Å². The molecule has 5 heteroatoms. The molecule has 0 radical (unpaired) electrons. The fraction of sp³-hybridized carbons (Fsp3) is 0.833. The predicted molar refractivity (Wildman–Crippen MR) is 137 cm³/mol. The van der Waals surface area contributed by atoms with Crippen LogP contribution in [0.2, 0.25) is 55.9 Å². The van der Waals surface area contributed by atoms with Crippen LogP contribution in [0, 0.1) is 11.5 Å². The maximum atomic E-state index is 6.91. The maximum absolute atomic E-state index is 6.91. The first-order valence-corrected chi connectivity index (χ1v) is 20.6. The van der Waals surface area contributed by atoms with Crippen molar-refractivity contribution >= 4 is 24.7 Å². The zero-order chi connectivity index (χ0) is 23.1. The Bertz CT molecular complexity index is 674. The van der Waals surface area contributed by atoms with Crippen LogP contribution < -0.4 is 0 Å². The molecule has 0 aromatic heterocycles. The highest BCUT2D eigenvalue weighted by atomic mass is 28.4. The van der Waals surface area contributed by atoms with Crippen LogP contribution in [0.4, 0.5) is 0 Å². The van der Waals surface area contributed by atoms with Crippen LogP contribution >= 0.6 is 0 Å². The standard InChI is InChI=1S/C24H48O2Si3/c1-19-20(15-16-27(8,9)10)17-21(25-28(11,12)23(2,3)4)18-22(19)26-29(13,14)24(5,6)7/h21-22H,17-18H2,1-14H3/t21-,22+/m1/s1. The molecule has 0 aromatic carbocycles. The van der Waals surface area contributed by atoms with E-state index in [1.807, 2.05) is 0 Å². The van der Waals surface area contributed by atoms with Gasteiger partial charge in [-0.1, -0.05) is 67.1 Å². The van der Waals surface area contributed by atoms with Gasteiger partial charge < -0.3 is 8.85 Å². The molecule has 1 rings (SSSR count). The first kappa shape index (κ1) is 26.9. The van der Waals surface area contributed by atoms with Crippen LogP contribution in [0.15, 0.2) is 11.1 Å². The zero-order valence-corrected chi connectivity index (χ0v) is 24.9. The van der Waals surface area contributed by atoms with E-state index in [9.17, 15) is 0 Å². The summed E-state index contributed by atoms with van der Waals surface area (Å²) in [6, 6.07) is 0. The zero-order valence-electron chi connectivity index (χ0n) is 21.9. The first-order valence-electron chi connectivity index (χ1n) is 11.2. The average molecular weight is 453 g/mol. The second kappa shape index (κ2) is 8.78. The SMILES string of the molecule is CC1=C(C#C[Si](C)(C)C)C[C@@H](O[Si](C)(C)C(C)(C)C)C[C@@H]1O[Si](C)(C)C(C)(C)C. The van der Waals surface area contributed by atoms with Gasteiger partial charge in [0.15, 0.2) is 16.6 Å². The number of hydrogen-bond donors (Lipinski definition) is 0. The van der Waals surface area contributed by atoms with E-state index in [4.69, 9.17) is 8.85 Å². The van der Waals surface area contributed by atoms with E-state index in [0.717, 1.165) is 12.8 Å². The van der Waals surface area contributed by atoms with Crippen molar-refractivity contribution in [3.63, 3.8) is 0 Å². The molecular formula is C24H48O2Si3. The van der Waals surface area contributed by atoms with Gasteiger partial charge >= 0.3 is 0 Å². The highest BCUT2D eigenvalue weighted by Crippen LogP contribution is 2.43. The lowest BCUT2D eigenvalue weighted by Crippen LogP contribution is -2.49. The predicted octanol–water partition coefficient (Wildman–Crippen LogP) is 7.76. The average Bonchev–Trinajstić information content (AvgIpc) is 2.45.